The molecule has 2 aliphatic rings. The molecule has 0 amide bonds. The molecule has 2 saturated heterocycles. The Hall–Kier alpha value is -0.500. The molecular formula is C22H33BrO5. The van der Waals surface area contributed by atoms with Gasteiger partial charge in [0.25, 0.3) is 0 Å². The molecule has 0 radical (unpaired) electrons. The lowest BCUT2D eigenvalue weighted by molar-refractivity contribution is -0.300. The van der Waals surface area contributed by atoms with Gasteiger partial charge < -0.3 is 24.1 Å². The van der Waals surface area contributed by atoms with E-state index in [1.807, 2.05) is 32.0 Å². The monoisotopic (exact) mass is 456 g/mol. The van der Waals surface area contributed by atoms with E-state index in [4.69, 9.17) is 18.9 Å². The van der Waals surface area contributed by atoms with Crippen molar-refractivity contribution in [1.29, 1.82) is 0 Å². The second-order valence-corrected chi connectivity index (χ2v) is 8.98. The summed E-state index contributed by atoms with van der Waals surface area (Å²) in [5.41, 5.74) is 1.17. The third-order valence-electron chi connectivity index (χ3n) is 5.28. The zero-order chi connectivity index (χ0) is 20.0. The zero-order valence-electron chi connectivity index (χ0n) is 16.9. The van der Waals surface area contributed by atoms with E-state index in [1.165, 1.54) is 5.56 Å². The predicted octanol–water partition coefficient (Wildman–Crippen LogP) is 4.20. The van der Waals surface area contributed by atoms with Crippen LogP contribution in [0.5, 0.6) is 0 Å². The molecule has 28 heavy (non-hydrogen) atoms. The summed E-state index contributed by atoms with van der Waals surface area (Å²) in [5.74, 6) is -0.584. The lowest BCUT2D eigenvalue weighted by Gasteiger charge is -2.42. The van der Waals surface area contributed by atoms with Crippen molar-refractivity contribution in [3.8, 4) is 0 Å². The number of hydrogen-bond acceptors (Lipinski definition) is 5. The Bertz CT molecular complexity index is 582. The first-order valence-electron chi connectivity index (χ1n) is 10.3. The first kappa shape index (κ1) is 22.2. The van der Waals surface area contributed by atoms with E-state index in [0.717, 1.165) is 24.6 Å². The summed E-state index contributed by atoms with van der Waals surface area (Å²) < 4.78 is 24.1. The second kappa shape index (κ2) is 10.5. The number of hydrogen-bond donors (Lipinski definition) is 1. The van der Waals surface area contributed by atoms with Crippen LogP contribution in [-0.4, -0.2) is 53.4 Å². The SMILES string of the molecule is CC1(C)OC(CBr)CC(CC2CC(O)CC(CCOCc3ccccc3)O2)O1. The molecule has 5 unspecified atom stereocenters. The molecule has 1 aromatic rings. The Labute approximate surface area is 176 Å². The molecule has 2 aliphatic heterocycles. The molecule has 0 spiro atoms. The quantitative estimate of drug-likeness (QED) is 0.469. The molecular weight excluding hydrogens is 424 g/mol. The number of aliphatic hydroxyl groups is 1. The summed E-state index contributed by atoms with van der Waals surface area (Å²) in [6, 6.07) is 10.2. The molecule has 2 heterocycles. The highest BCUT2D eigenvalue weighted by Crippen LogP contribution is 2.33. The van der Waals surface area contributed by atoms with Gasteiger partial charge in [0.15, 0.2) is 5.79 Å². The van der Waals surface area contributed by atoms with Crippen molar-refractivity contribution < 1.29 is 24.1 Å². The van der Waals surface area contributed by atoms with Gasteiger partial charge in [-0.2, -0.15) is 0 Å². The van der Waals surface area contributed by atoms with E-state index in [9.17, 15) is 5.11 Å². The Balaban J connectivity index is 1.43. The average Bonchev–Trinajstić information content (AvgIpc) is 2.64. The normalized spacial score (nSPS) is 32.9. The predicted molar refractivity (Wildman–Crippen MR) is 111 cm³/mol. The maximum absolute atomic E-state index is 10.3. The minimum Gasteiger partial charge on any atom is -0.393 e. The molecule has 158 valence electrons. The highest BCUT2D eigenvalue weighted by atomic mass is 79.9. The largest absolute Gasteiger partial charge is 0.393 e. The average molecular weight is 457 g/mol. The lowest BCUT2D eigenvalue weighted by Crippen LogP contribution is -2.47. The van der Waals surface area contributed by atoms with Crippen molar-refractivity contribution in [2.45, 2.75) is 88.9 Å². The van der Waals surface area contributed by atoms with Crippen molar-refractivity contribution >= 4 is 15.9 Å². The highest BCUT2D eigenvalue weighted by molar-refractivity contribution is 9.09. The molecule has 0 aliphatic carbocycles. The zero-order valence-corrected chi connectivity index (χ0v) is 18.5. The third-order valence-corrected chi connectivity index (χ3v) is 6.00. The van der Waals surface area contributed by atoms with Gasteiger partial charge in [0.05, 0.1) is 37.1 Å². The number of rotatable bonds is 8. The Morgan fingerprint density at radius 3 is 2.50 bits per heavy atom. The number of alkyl halides is 1. The number of aliphatic hydroxyl groups excluding tert-OH is 1. The van der Waals surface area contributed by atoms with E-state index < -0.39 is 5.79 Å². The summed E-state index contributed by atoms with van der Waals surface area (Å²) >= 11 is 3.52. The minimum atomic E-state index is -0.584. The van der Waals surface area contributed by atoms with Gasteiger partial charge >= 0.3 is 0 Å². The van der Waals surface area contributed by atoms with Gasteiger partial charge in [0.2, 0.25) is 0 Å². The number of halogens is 1. The molecule has 0 aromatic heterocycles. The Morgan fingerprint density at radius 1 is 1.04 bits per heavy atom. The van der Waals surface area contributed by atoms with Gasteiger partial charge in [0, 0.05) is 24.8 Å². The third kappa shape index (κ3) is 7.08. The number of ether oxygens (including phenoxy) is 4. The first-order valence-corrected chi connectivity index (χ1v) is 11.4. The van der Waals surface area contributed by atoms with Gasteiger partial charge in [-0.25, -0.2) is 0 Å². The highest BCUT2D eigenvalue weighted by Gasteiger charge is 2.38. The molecule has 0 saturated carbocycles. The molecule has 5 nitrogen and oxygen atoms in total. The molecule has 1 aromatic carbocycles. The van der Waals surface area contributed by atoms with Crippen LogP contribution in [0.15, 0.2) is 30.3 Å². The second-order valence-electron chi connectivity index (χ2n) is 8.34. The van der Waals surface area contributed by atoms with E-state index in [0.29, 0.717) is 26.1 Å². The van der Waals surface area contributed by atoms with E-state index >= 15 is 0 Å². The standard InChI is InChI=1S/C22H33BrO5/c1-22(2)27-20(13-21(14-23)28-22)12-19-11-17(24)10-18(26-19)8-9-25-15-16-6-4-3-5-7-16/h3-7,17-21,24H,8-15H2,1-2H3. The van der Waals surface area contributed by atoms with Crippen molar-refractivity contribution in [3.05, 3.63) is 35.9 Å². The van der Waals surface area contributed by atoms with Crippen LogP contribution >= 0.6 is 15.9 Å². The van der Waals surface area contributed by atoms with Crippen LogP contribution in [0.2, 0.25) is 0 Å². The smallest absolute Gasteiger partial charge is 0.163 e. The van der Waals surface area contributed by atoms with Crippen molar-refractivity contribution in [1.82, 2.24) is 0 Å². The Morgan fingerprint density at radius 2 is 1.75 bits per heavy atom. The van der Waals surface area contributed by atoms with Crippen molar-refractivity contribution in [3.63, 3.8) is 0 Å². The van der Waals surface area contributed by atoms with Gasteiger partial charge in [-0.1, -0.05) is 46.3 Å². The summed E-state index contributed by atoms with van der Waals surface area (Å²) in [5, 5.41) is 11.1. The fraction of sp³-hybridized carbons (Fsp3) is 0.727. The topological polar surface area (TPSA) is 57.2 Å². The van der Waals surface area contributed by atoms with E-state index in [-0.39, 0.29) is 30.5 Å². The van der Waals surface area contributed by atoms with Crippen LogP contribution < -0.4 is 0 Å². The molecule has 1 N–H and O–H groups in total. The first-order chi connectivity index (χ1) is 13.4. The van der Waals surface area contributed by atoms with Crippen LogP contribution in [0.25, 0.3) is 0 Å². The molecule has 0 bridgehead atoms. The van der Waals surface area contributed by atoms with E-state index in [1.54, 1.807) is 0 Å². The summed E-state index contributed by atoms with van der Waals surface area (Å²) in [6.45, 7) is 5.15. The maximum atomic E-state index is 10.3. The summed E-state index contributed by atoms with van der Waals surface area (Å²) in [7, 11) is 0. The van der Waals surface area contributed by atoms with Gasteiger partial charge in [-0.3, -0.25) is 0 Å². The van der Waals surface area contributed by atoms with Gasteiger partial charge in [0.1, 0.15) is 0 Å². The summed E-state index contributed by atoms with van der Waals surface area (Å²) in [6.07, 6.45) is 3.71. The molecule has 6 heteroatoms. The van der Waals surface area contributed by atoms with Crippen molar-refractivity contribution in [2.24, 2.45) is 0 Å². The minimum absolute atomic E-state index is 0.0118. The van der Waals surface area contributed by atoms with Crippen LogP contribution in [0.1, 0.15) is 51.5 Å². The fourth-order valence-corrected chi connectivity index (χ4v) is 4.55. The van der Waals surface area contributed by atoms with Crippen LogP contribution in [-0.2, 0) is 25.6 Å². The molecule has 5 atom stereocenters. The fourth-order valence-electron chi connectivity index (χ4n) is 4.16. The molecule has 3 rings (SSSR count). The maximum Gasteiger partial charge on any atom is 0.163 e. The van der Waals surface area contributed by atoms with Crippen molar-refractivity contribution in [2.75, 3.05) is 11.9 Å². The van der Waals surface area contributed by atoms with Crippen LogP contribution in [0, 0.1) is 0 Å². The lowest BCUT2D eigenvalue weighted by atomic mass is 9.94. The van der Waals surface area contributed by atoms with Gasteiger partial charge in [-0.05, 0) is 38.7 Å². The van der Waals surface area contributed by atoms with Crippen LogP contribution in [0.4, 0.5) is 0 Å². The Kier molecular flexibility index (Phi) is 8.33. The van der Waals surface area contributed by atoms with Crippen LogP contribution in [0.3, 0.4) is 0 Å². The number of benzene rings is 1. The summed E-state index contributed by atoms with van der Waals surface area (Å²) in [4.78, 5) is 0. The molecule has 2 fully saturated rings. The van der Waals surface area contributed by atoms with Gasteiger partial charge in [-0.15, -0.1) is 0 Å². The van der Waals surface area contributed by atoms with E-state index in [2.05, 4.69) is 28.1 Å².